The zero-order valence-corrected chi connectivity index (χ0v) is 12.9. The normalized spacial score (nSPS) is 11.8. The van der Waals surface area contributed by atoms with Gasteiger partial charge in [0.15, 0.2) is 5.82 Å². The SMILES string of the molecule is CCCn1c(-c2ccccc2CC)nnc1S(=O)(=O)Cl. The second-order valence-electron chi connectivity index (χ2n) is 4.41. The van der Waals surface area contributed by atoms with Gasteiger partial charge in [0, 0.05) is 22.8 Å². The average Bonchev–Trinajstić information content (AvgIpc) is 2.82. The van der Waals surface area contributed by atoms with E-state index in [1.165, 1.54) is 0 Å². The Labute approximate surface area is 123 Å². The van der Waals surface area contributed by atoms with Crippen LogP contribution in [0.25, 0.3) is 11.4 Å². The maximum absolute atomic E-state index is 11.6. The summed E-state index contributed by atoms with van der Waals surface area (Å²) in [5.74, 6) is 0.545. The van der Waals surface area contributed by atoms with E-state index in [0.717, 1.165) is 24.0 Å². The molecule has 1 heterocycles. The molecule has 0 amide bonds. The van der Waals surface area contributed by atoms with Crippen molar-refractivity contribution >= 4 is 19.7 Å². The number of hydrogen-bond acceptors (Lipinski definition) is 4. The fourth-order valence-corrected chi connectivity index (χ4v) is 3.06. The smallest absolute Gasteiger partial charge is 0.296 e. The van der Waals surface area contributed by atoms with E-state index in [1.54, 1.807) is 4.57 Å². The Hall–Kier alpha value is -1.40. The molecule has 0 fully saturated rings. The standard InChI is InChI=1S/C13H16ClN3O2S/c1-3-9-17-12(15-16-13(17)20(14,18)19)11-8-6-5-7-10(11)4-2/h5-8H,3-4,9H2,1-2H3. The van der Waals surface area contributed by atoms with Crippen molar-refractivity contribution < 1.29 is 8.42 Å². The highest BCUT2D eigenvalue weighted by Gasteiger charge is 2.23. The summed E-state index contributed by atoms with van der Waals surface area (Å²) in [5.41, 5.74) is 1.98. The van der Waals surface area contributed by atoms with Crippen LogP contribution in [-0.2, 0) is 22.0 Å². The molecule has 0 saturated heterocycles. The molecule has 0 aliphatic rings. The van der Waals surface area contributed by atoms with Crippen molar-refractivity contribution in [3.05, 3.63) is 29.8 Å². The van der Waals surface area contributed by atoms with Crippen LogP contribution in [0.2, 0.25) is 0 Å². The predicted molar refractivity (Wildman–Crippen MR) is 78.2 cm³/mol. The van der Waals surface area contributed by atoms with E-state index in [9.17, 15) is 8.42 Å². The van der Waals surface area contributed by atoms with E-state index in [4.69, 9.17) is 10.7 Å². The molecule has 0 bridgehead atoms. The Morgan fingerprint density at radius 3 is 2.50 bits per heavy atom. The van der Waals surface area contributed by atoms with Crippen LogP contribution in [0.4, 0.5) is 0 Å². The van der Waals surface area contributed by atoms with Crippen LogP contribution in [0.5, 0.6) is 0 Å². The van der Waals surface area contributed by atoms with Gasteiger partial charge in [-0.15, -0.1) is 10.2 Å². The Morgan fingerprint density at radius 1 is 1.20 bits per heavy atom. The van der Waals surface area contributed by atoms with Crippen molar-refractivity contribution in [1.82, 2.24) is 14.8 Å². The summed E-state index contributed by atoms with van der Waals surface area (Å²) >= 11 is 0. The molecule has 0 unspecified atom stereocenters. The zero-order valence-electron chi connectivity index (χ0n) is 11.4. The lowest BCUT2D eigenvalue weighted by molar-refractivity contribution is 0.570. The van der Waals surface area contributed by atoms with Gasteiger partial charge in [-0.1, -0.05) is 38.1 Å². The Balaban J connectivity index is 2.66. The van der Waals surface area contributed by atoms with E-state index in [-0.39, 0.29) is 5.16 Å². The third-order valence-corrected chi connectivity index (χ3v) is 4.17. The van der Waals surface area contributed by atoms with Gasteiger partial charge < -0.3 is 0 Å². The van der Waals surface area contributed by atoms with Crippen LogP contribution < -0.4 is 0 Å². The van der Waals surface area contributed by atoms with Crippen LogP contribution in [0, 0.1) is 0 Å². The van der Waals surface area contributed by atoms with Gasteiger partial charge in [0.1, 0.15) is 0 Å². The quantitative estimate of drug-likeness (QED) is 0.796. The molecule has 7 heteroatoms. The molecule has 0 spiro atoms. The lowest BCUT2D eigenvalue weighted by atomic mass is 10.0. The number of aryl methyl sites for hydroxylation is 1. The van der Waals surface area contributed by atoms with Crippen LogP contribution in [0.15, 0.2) is 29.4 Å². The van der Waals surface area contributed by atoms with E-state index in [0.29, 0.717) is 12.4 Å². The minimum atomic E-state index is -3.90. The summed E-state index contributed by atoms with van der Waals surface area (Å²) in [4.78, 5) is 0. The number of aromatic nitrogens is 3. The summed E-state index contributed by atoms with van der Waals surface area (Å²) in [6, 6.07) is 7.76. The molecule has 0 atom stereocenters. The highest BCUT2D eigenvalue weighted by Crippen LogP contribution is 2.26. The van der Waals surface area contributed by atoms with Crippen LogP contribution in [0.1, 0.15) is 25.8 Å². The molecule has 5 nitrogen and oxygen atoms in total. The monoisotopic (exact) mass is 313 g/mol. The molecular weight excluding hydrogens is 298 g/mol. The predicted octanol–water partition coefficient (Wildman–Crippen LogP) is 2.85. The number of nitrogens with zero attached hydrogens (tertiary/aromatic N) is 3. The van der Waals surface area contributed by atoms with Gasteiger partial charge in [0.05, 0.1) is 0 Å². The lowest BCUT2D eigenvalue weighted by Crippen LogP contribution is -2.08. The van der Waals surface area contributed by atoms with E-state index >= 15 is 0 Å². The third kappa shape index (κ3) is 2.86. The third-order valence-electron chi connectivity index (χ3n) is 3.02. The second-order valence-corrected chi connectivity index (χ2v) is 6.87. The summed E-state index contributed by atoms with van der Waals surface area (Å²) in [6.07, 6.45) is 1.59. The van der Waals surface area contributed by atoms with E-state index in [1.807, 2.05) is 38.1 Å². The summed E-state index contributed by atoms with van der Waals surface area (Å²) in [6.45, 7) is 4.50. The highest BCUT2D eigenvalue weighted by atomic mass is 35.7. The molecule has 1 aromatic heterocycles. The largest absolute Gasteiger partial charge is 0.297 e. The molecule has 108 valence electrons. The highest BCUT2D eigenvalue weighted by molar-refractivity contribution is 8.13. The Kier molecular flexibility index (Phi) is 4.45. The molecule has 0 aliphatic carbocycles. The molecule has 1 aromatic carbocycles. The topological polar surface area (TPSA) is 64.8 Å². The summed E-state index contributed by atoms with van der Waals surface area (Å²) in [5, 5.41) is 7.59. The minimum Gasteiger partial charge on any atom is -0.297 e. The maximum Gasteiger partial charge on any atom is 0.296 e. The number of benzene rings is 1. The maximum atomic E-state index is 11.6. The summed E-state index contributed by atoms with van der Waals surface area (Å²) in [7, 11) is 1.52. The molecule has 20 heavy (non-hydrogen) atoms. The first kappa shape index (κ1) is 15.0. The first-order valence-electron chi connectivity index (χ1n) is 6.45. The first-order valence-corrected chi connectivity index (χ1v) is 8.76. The molecular formula is C13H16ClN3O2S. The lowest BCUT2D eigenvalue weighted by Gasteiger charge is -2.10. The van der Waals surface area contributed by atoms with E-state index in [2.05, 4.69) is 10.2 Å². The molecule has 0 radical (unpaired) electrons. The van der Waals surface area contributed by atoms with Crippen molar-refractivity contribution in [2.45, 2.75) is 38.4 Å². The van der Waals surface area contributed by atoms with Crippen molar-refractivity contribution in [1.29, 1.82) is 0 Å². The minimum absolute atomic E-state index is 0.193. The Morgan fingerprint density at radius 2 is 1.90 bits per heavy atom. The van der Waals surface area contributed by atoms with Gasteiger partial charge in [-0.25, -0.2) is 8.42 Å². The van der Waals surface area contributed by atoms with Gasteiger partial charge in [-0.3, -0.25) is 4.57 Å². The van der Waals surface area contributed by atoms with Gasteiger partial charge in [-0.2, -0.15) is 0 Å². The van der Waals surface area contributed by atoms with E-state index < -0.39 is 9.05 Å². The molecule has 0 N–H and O–H groups in total. The van der Waals surface area contributed by atoms with Gasteiger partial charge >= 0.3 is 0 Å². The molecule has 2 rings (SSSR count). The average molecular weight is 314 g/mol. The molecule has 2 aromatic rings. The zero-order chi connectivity index (χ0) is 14.8. The van der Waals surface area contributed by atoms with Crippen molar-refractivity contribution in [2.75, 3.05) is 0 Å². The number of halogens is 1. The van der Waals surface area contributed by atoms with Crippen molar-refractivity contribution in [3.8, 4) is 11.4 Å². The van der Waals surface area contributed by atoms with Crippen molar-refractivity contribution in [2.24, 2.45) is 0 Å². The second kappa shape index (κ2) is 5.93. The van der Waals surface area contributed by atoms with Crippen LogP contribution in [-0.4, -0.2) is 23.2 Å². The van der Waals surface area contributed by atoms with Gasteiger partial charge in [-0.05, 0) is 18.4 Å². The van der Waals surface area contributed by atoms with Crippen molar-refractivity contribution in [3.63, 3.8) is 0 Å². The van der Waals surface area contributed by atoms with Crippen LogP contribution in [0.3, 0.4) is 0 Å². The molecule has 0 saturated carbocycles. The molecule has 0 aliphatic heterocycles. The summed E-state index contributed by atoms with van der Waals surface area (Å²) < 4.78 is 24.7. The number of rotatable bonds is 5. The van der Waals surface area contributed by atoms with Crippen LogP contribution >= 0.6 is 10.7 Å². The Bertz CT molecular complexity index is 710. The number of hydrogen-bond donors (Lipinski definition) is 0. The fourth-order valence-electron chi connectivity index (χ4n) is 2.14. The first-order chi connectivity index (χ1) is 9.49. The van der Waals surface area contributed by atoms with Gasteiger partial charge in [0.2, 0.25) is 0 Å². The van der Waals surface area contributed by atoms with Gasteiger partial charge in [0.25, 0.3) is 14.2 Å². The fraction of sp³-hybridized carbons (Fsp3) is 0.385.